The van der Waals surface area contributed by atoms with E-state index in [2.05, 4.69) is 77.7 Å². The SMILES string of the molecule is CN1C=C(C2=CC3=CN(C)N(C)C3C=C2)C(c2ccc(C#N)cc2)=NC1N1CCC(N)CC1. The molecule has 7 heteroatoms. The maximum Gasteiger partial charge on any atom is 0.178 e. The molecule has 2 atom stereocenters. The molecule has 170 valence electrons. The minimum Gasteiger partial charge on any atom is -0.346 e. The zero-order valence-corrected chi connectivity index (χ0v) is 19.5. The molecule has 1 saturated heterocycles. The fourth-order valence-electron chi connectivity index (χ4n) is 4.98. The predicted molar refractivity (Wildman–Crippen MR) is 131 cm³/mol. The van der Waals surface area contributed by atoms with Gasteiger partial charge in [0.15, 0.2) is 6.29 Å². The zero-order valence-electron chi connectivity index (χ0n) is 19.5. The van der Waals surface area contributed by atoms with Gasteiger partial charge in [-0.15, -0.1) is 0 Å². The predicted octanol–water partition coefficient (Wildman–Crippen LogP) is 2.42. The van der Waals surface area contributed by atoms with Crippen LogP contribution in [0.5, 0.6) is 0 Å². The molecule has 5 rings (SSSR count). The number of nitrogens with two attached hydrogens (primary N) is 1. The Morgan fingerprint density at radius 1 is 1.06 bits per heavy atom. The number of piperidine rings is 1. The van der Waals surface area contributed by atoms with E-state index in [9.17, 15) is 5.26 Å². The Hall–Kier alpha value is -3.18. The van der Waals surface area contributed by atoms with Crippen LogP contribution in [0.3, 0.4) is 0 Å². The number of hydrogen-bond donors (Lipinski definition) is 1. The molecule has 0 aromatic heterocycles. The highest BCUT2D eigenvalue weighted by Gasteiger charge is 2.32. The summed E-state index contributed by atoms with van der Waals surface area (Å²) in [5.74, 6) is 0. The van der Waals surface area contributed by atoms with Crippen LogP contribution >= 0.6 is 0 Å². The van der Waals surface area contributed by atoms with Crippen LogP contribution in [0.15, 0.2) is 76.6 Å². The number of hydrazine groups is 1. The van der Waals surface area contributed by atoms with E-state index in [-0.39, 0.29) is 18.4 Å². The number of likely N-dealkylation sites (tertiary alicyclic amines) is 1. The van der Waals surface area contributed by atoms with Crippen LogP contribution in [0.4, 0.5) is 0 Å². The summed E-state index contributed by atoms with van der Waals surface area (Å²) in [5, 5.41) is 13.6. The molecular formula is C26H31N7. The molecule has 0 radical (unpaired) electrons. The maximum atomic E-state index is 9.25. The fraction of sp³-hybridized carbons (Fsp3) is 0.385. The lowest BCUT2D eigenvalue weighted by atomic mass is 9.89. The summed E-state index contributed by atoms with van der Waals surface area (Å²) in [6.45, 7) is 1.89. The molecule has 0 spiro atoms. The molecule has 7 nitrogen and oxygen atoms in total. The van der Waals surface area contributed by atoms with Gasteiger partial charge in [0.05, 0.1) is 23.4 Å². The number of allylic oxidation sites excluding steroid dienone is 3. The zero-order chi connectivity index (χ0) is 23.1. The van der Waals surface area contributed by atoms with Crippen molar-refractivity contribution in [1.82, 2.24) is 19.8 Å². The number of nitrogens with zero attached hydrogens (tertiary/aromatic N) is 6. The van der Waals surface area contributed by atoms with Gasteiger partial charge in [0.2, 0.25) is 0 Å². The largest absolute Gasteiger partial charge is 0.346 e. The number of benzene rings is 1. The summed E-state index contributed by atoms with van der Waals surface area (Å²) in [6.07, 6.45) is 13.1. The summed E-state index contributed by atoms with van der Waals surface area (Å²) < 4.78 is 0. The minimum atomic E-state index is -0.0595. The van der Waals surface area contributed by atoms with Gasteiger partial charge in [0.1, 0.15) is 0 Å². The van der Waals surface area contributed by atoms with Crippen LogP contribution in [0.2, 0.25) is 0 Å². The van der Waals surface area contributed by atoms with Gasteiger partial charge in [-0.3, -0.25) is 4.90 Å². The topological polar surface area (TPSA) is 75.1 Å². The molecule has 1 aliphatic carbocycles. The van der Waals surface area contributed by atoms with Gasteiger partial charge in [-0.2, -0.15) is 5.26 Å². The Balaban J connectivity index is 1.53. The van der Waals surface area contributed by atoms with Gasteiger partial charge in [-0.25, -0.2) is 10.0 Å². The molecule has 33 heavy (non-hydrogen) atoms. The van der Waals surface area contributed by atoms with Crippen LogP contribution in [0, 0.1) is 11.3 Å². The van der Waals surface area contributed by atoms with E-state index in [0.717, 1.165) is 48.4 Å². The smallest absolute Gasteiger partial charge is 0.178 e. The molecule has 0 amide bonds. The van der Waals surface area contributed by atoms with Crippen LogP contribution < -0.4 is 5.73 Å². The van der Waals surface area contributed by atoms with Crippen molar-refractivity contribution < 1.29 is 0 Å². The molecule has 1 fully saturated rings. The Labute approximate surface area is 196 Å². The standard InChI is InChI=1S/C26H31N7/c1-30-17-23(20-8-9-24-21(14-20)16-31(2)32(24)3)25(19-6-4-18(15-27)5-7-19)29-26(30)33-12-10-22(28)11-13-33/h4-9,14,16-17,22,24,26H,10-13,28H2,1-3H3. The van der Waals surface area contributed by atoms with Crippen molar-refractivity contribution in [2.75, 3.05) is 34.2 Å². The molecule has 4 aliphatic rings. The normalized spacial score (nSPS) is 26.4. The molecular weight excluding hydrogens is 410 g/mol. The first kappa shape index (κ1) is 21.7. The van der Waals surface area contributed by atoms with E-state index in [1.54, 1.807) is 0 Å². The van der Waals surface area contributed by atoms with Crippen molar-refractivity contribution in [3.05, 3.63) is 82.7 Å². The van der Waals surface area contributed by atoms with E-state index in [4.69, 9.17) is 10.7 Å². The summed E-state index contributed by atoms with van der Waals surface area (Å²) in [4.78, 5) is 9.89. The lowest BCUT2D eigenvalue weighted by molar-refractivity contribution is 0.0733. The molecule has 3 heterocycles. The van der Waals surface area contributed by atoms with Crippen LogP contribution in [-0.4, -0.2) is 78.1 Å². The van der Waals surface area contributed by atoms with Crippen molar-refractivity contribution in [1.29, 1.82) is 5.26 Å². The van der Waals surface area contributed by atoms with E-state index >= 15 is 0 Å². The Morgan fingerprint density at radius 3 is 2.48 bits per heavy atom. The highest BCUT2D eigenvalue weighted by molar-refractivity contribution is 6.16. The Kier molecular flexibility index (Phi) is 5.67. The van der Waals surface area contributed by atoms with Crippen molar-refractivity contribution in [2.45, 2.75) is 31.2 Å². The number of nitriles is 1. The molecule has 0 bridgehead atoms. The minimum absolute atomic E-state index is 0.0595. The molecule has 0 saturated carbocycles. The first-order valence-electron chi connectivity index (χ1n) is 11.5. The number of aliphatic imine (C=N–C) groups is 1. The van der Waals surface area contributed by atoms with Crippen LogP contribution in [-0.2, 0) is 0 Å². The lowest BCUT2D eigenvalue weighted by Crippen LogP contribution is -2.51. The third kappa shape index (κ3) is 4.02. The summed E-state index contributed by atoms with van der Waals surface area (Å²) in [5.41, 5.74) is 12.3. The van der Waals surface area contributed by atoms with Crippen molar-refractivity contribution in [3.8, 4) is 6.07 Å². The van der Waals surface area contributed by atoms with Crippen LogP contribution in [0.25, 0.3) is 0 Å². The fourth-order valence-corrected chi connectivity index (χ4v) is 4.98. The van der Waals surface area contributed by atoms with E-state index in [0.29, 0.717) is 5.56 Å². The highest BCUT2D eigenvalue weighted by atomic mass is 15.6. The second-order valence-corrected chi connectivity index (χ2v) is 9.27. The second-order valence-electron chi connectivity index (χ2n) is 9.27. The van der Waals surface area contributed by atoms with Crippen LogP contribution in [0.1, 0.15) is 24.0 Å². The van der Waals surface area contributed by atoms with E-state index < -0.39 is 0 Å². The molecule has 1 aromatic carbocycles. The van der Waals surface area contributed by atoms with Crippen molar-refractivity contribution in [2.24, 2.45) is 10.7 Å². The van der Waals surface area contributed by atoms with Gasteiger partial charge < -0.3 is 15.6 Å². The van der Waals surface area contributed by atoms with Gasteiger partial charge in [-0.05, 0) is 42.2 Å². The monoisotopic (exact) mass is 441 g/mol. The molecule has 1 aromatic rings. The number of likely N-dealkylation sites (N-methyl/N-ethyl adjacent to an activating group) is 1. The molecule has 2 unspecified atom stereocenters. The summed E-state index contributed by atoms with van der Waals surface area (Å²) in [7, 11) is 6.27. The van der Waals surface area contributed by atoms with Gasteiger partial charge in [0, 0.05) is 63.8 Å². The van der Waals surface area contributed by atoms with Gasteiger partial charge in [0.25, 0.3) is 0 Å². The maximum absolute atomic E-state index is 9.25. The van der Waals surface area contributed by atoms with E-state index in [1.807, 2.05) is 24.3 Å². The Bertz CT molecular complexity index is 1110. The lowest BCUT2D eigenvalue weighted by Gasteiger charge is -2.41. The molecule has 2 N–H and O–H groups in total. The quantitative estimate of drug-likeness (QED) is 0.777. The number of rotatable bonds is 3. The van der Waals surface area contributed by atoms with Gasteiger partial charge >= 0.3 is 0 Å². The average molecular weight is 442 g/mol. The first-order chi connectivity index (χ1) is 15.9. The third-order valence-electron chi connectivity index (χ3n) is 7.05. The van der Waals surface area contributed by atoms with E-state index in [1.165, 1.54) is 5.57 Å². The van der Waals surface area contributed by atoms with Crippen molar-refractivity contribution in [3.63, 3.8) is 0 Å². The highest BCUT2D eigenvalue weighted by Crippen LogP contribution is 2.33. The summed E-state index contributed by atoms with van der Waals surface area (Å²) in [6, 6.07) is 10.5. The second kappa shape index (κ2) is 8.64. The number of fused-ring (bicyclic) bond motifs is 1. The Morgan fingerprint density at radius 2 is 1.79 bits per heavy atom. The van der Waals surface area contributed by atoms with Gasteiger partial charge in [-0.1, -0.05) is 24.3 Å². The molecule has 3 aliphatic heterocycles. The van der Waals surface area contributed by atoms with Crippen molar-refractivity contribution >= 4 is 5.71 Å². The summed E-state index contributed by atoms with van der Waals surface area (Å²) >= 11 is 0. The first-order valence-corrected chi connectivity index (χ1v) is 11.5. The third-order valence-corrected chi connectivity index (χ3v) is 7.05. The average Bonchev–Trinajstić information content (AvgIpc) is 3.12. The number of hydrogen-bond acceptors (Lipinski definition) is 7.